The number of hydrogen-bond acceptors (Lipinski definition) is 2. The summed E-state index contributed by atoms with van der Waals surface area (Å²) in [5, 5.41) is 10.6. The van der Waals surface area contributed by atoms with Gasteiger partial charge in [-0.15, -0.1) is 0 Å². The fraction of sp³-hybridized carbons (Fsp3) is 0. The molecule has 0 radical (unpaired) electrons. The maximum absolute atomic E-state index is 6.47. The molecule has 0 saturated heterocycles. The number of rotatable bonds is 3. The highest BCUT2D eigenvalue weighted by molar-refractivity contribution is 6.31. The first kappa shape index (κ1) is 26.5. The molecule has 0 aliphatic heterocycles. The van der Waals surface area contributed by atoms with Crippen LogP contribution in [0.4, 0.5) is 0 Å². The number of fused-ring (bicyclic) bond motifs is 9. The largest absolute Gasteiger partial charge is 0.464 e. The fourth-order valence-electron chi connectivity index (χ4n) is 8.35. The van der Waals surface area contributed by atoms with Crippen molar-refractivity contribution in [1.29, 1.82) is 0 Å². The van der Waals surface area contributed by atoms with Crippen molar-refractivity contribution in [2.45, 2.75) is 0 Å². The molecule has 3 nitrogen and oxygen atoms in total. The van der Waals surface area contributed by atoms with Crippen molar-refractivity contribution in [2.24, 2.45) is 0 Å². The average molecular weight is 626 g/mol. The molecule has 0 amide bonds. The van der Waals surface area contributed by atoms with Gasteiger partial charge in [0.2, 0.25) is 0 Å². The molecule has 3 heterocycles. The van der Waals surface area contributed by atoms with Crippen molar-refractivity contribution < 1.29 is 8.83 Å². The number of benzene rings is 8. The van der Waals surface area contributed by atoms with Gasteiger partial charge in [-0.05, 0) is 74.6 Å². The lowest BCUT2D eigenvalue weighted by Crippen LogP contribution is -1.94. The second kappa shape index (κ2) is 9.96. The molecule has 8 aromatic carbocycles. The highest BCUT2D eigenvalue weighted by Gasteiger charge is 2.25. The first-order valence-electron chi connectivity index (χ1n) is 16.7. The van der Waals surface area contributed by atoms with Crippen LogP contribution >= 0.6 is 0 Å². The van der Waals surface area contributed by atoms with E-state index in [1.807, 2.05) is 18.2 Å². The SMILES string of the molecule is c1ccc(-n2c3ccccc3c3c(-c4c5ccccc5c(-c5c6ccoc6cc6oc7ccccc7c56)c5ccccc45)cccc32)cc1. The molecule has 0 spiro atoms. The molecule has 49 heavy (non-hydrogen) atoms. The van der Waals surface area contributed by atoms with Crippen molar-refractivity contribution in [2.75, 3.05) is 0 Å². The zero-order valence-electron chi connectivity index (χ0n) is 26.4. The first-order valence-corrected chi connectivity index (χ1v) is 16.7. The fourth-order valence-corrected chi connectivity index (χ4v) is 8.35. The molecule has 11 rings (SSSR count). The lowest BCUT2D eigenvalue weighted by molar-refractivity contribution is 0.613. The molecule has 3 aromatic heterocycles. The Morgan fingerprint density at radius 2 is 0.980 bits per heavy atom. The summed E-state index contributed by atoms with van der Waals surface area (Å²) in [4.78, 5) is 0. The summed E-state index contributed by atoms with van der Waals surface area (Å²) >= 11 is 0. The van der Waals surface area contributed by atoms with Crippen molar-refractivity contribution in [1.82, 2.24) is 4.57 Å². The summed E-state index contributed by atoms with van der Waals surface area (Å²) in [5.74, 6) is 0. The highest BCUT2D eigenvalue weighted by Crippen LogP contribution is 2.51. The number of nitrogens with zero attached hydrogens (tertiary/aromatic N) is 1. The minimum atomic E-state index is 0.817. The van der Waals surface area contributed by atoms with E-state index in [1.165, 1.54) is 60.0 Å². The van der Waals surface area contributed by atoms with Crippen molar-refractivity contribution in [3.63, 3.8) is 0 Å². The number of hydrogen-bond donors (Lipinski definition) is 0. The predicted molar refractivity (Wildman–Crippen MR) is 204 cm³/mol. The average Bonchev–Trinajstić information content (AvgIpc) is 3.87. The van der Waals surface area contributed by atoms with Gasteiger partial charge in [-0.25, -0.2) is 0 Å². The summed E-state index contributed by atoms with van der Waals surface area (Å²) in [6, 6.07) is 56.5. The number of furan rings is 2. The predicted octanol–water partition coefficient (Wildman–Crippen LogP) is 13.1. The van der Waals surface area contributed by atoms with Crippen LogP contribution in [-0.4, -0.2) is 4.57 Å². The van der Waals surface area contributed by atoms with Crippen molar-refractivity contribution in [3.8, 4) is 27.9 Å². The van der Waals surface area contributed by atoms with Crippen LogP contribution in [0.1, 0.15) is 0 Å². The van der Waals surface area contributed by atoms with Crippen LogP contribution in [0.5, 0.6) is 0 Å². The molecule has 0 saturated carbocycles. The Kier molecular flexibility index (Phi) is 5.38. The van der Waals surface area contributed by atoms with Crippen LogP contribution in [0.3, 0.4) is 0 Å². The van der Waals surface area contributed by atoms with Gasteiger partial charge < -0.3 is 13.4 Å². The Balaban J connectivity index is 1.33. The molecule has 11 aromatic rings. The molecule has 3 heteroatoms. The zero-order chi connectivity index (χ0) is 32.1. The molecule has 0 N–H and O–H groups in total. The van der Waals surface area contributed by atoms with Gasteiger partial charge in [0.15, 0.2) is 0 Å². The molecule has 0 atom stereocenters. The normalized spacial score (nSPS) is 12.1. The summed E-state index contributed by atoms with van der Waals surface area (Å²) in [6.45, 7) is 0. The van der Waals surface area contributed by atoms with Crippen LogP contribution in [0.15, 0.2) is 173 Å². The molecular formula is C46H27NO2. The van der Waals surface area contributed by atoms with Crippen molar-refractivity contribution in [3.05, 3.63) is 164 Å². The van der Waals surface area contributed by atoms with Crippen LogP contribution in [0.2, 0.25) is 0 Å². The molecule has 0 aliphatic rings. The van der Waals surface area contributed by atoms with E-state index < -0.39 is 0 Å². The van der Waals surface area contributed by atoms with Crippen LogP contribution in [-0.2, 0) is 0 Å². The van der Waals surface area contributed by atoms with Crippen LogP contribution in [0, 0.1) is 0 Å². The zero-order valence-corrected chi connectivity index (χ0v) is 26.4. The van der Waals surface area contributed by atoms with E-state index in [1.54, 1.807) is 6.26 Å². The number of aromatic nitrogens is 1. The second-order valence-corrected chi connectivity index (χ2v) is 12.8. The van der Waals surface area contributed by atoms with Gasteiger partial charge in [0.1, 0.15) is 16.7 Å². The maximum atomic E-state index is 6.47. The summed E-state index contributed by atoms with van der Waals surface area (Å²) in [7, 11) is 0. The summed E-state index contributed by atoms with van der Waals surface area (Å²) in [5.41, 5.74) is 10.9. The van der Waals surface area contributed by atoms with Gasteiger partial charge in [0, 0.05) is 44.2 Å². The Morgan fingerprint density at radius 1 is 0.367 bits per heavy atom. The molecule has 228 valence electrons. The molecular weight excluding hydrogens is 599 g/mol. The van der Waals surface area contributed by atoms with E-state index in [4.69, 9.17) is 8.83 Å². The van der Waals surface area contributed by atoms with E-state index in [-0.39, 0.29) is 0 Å². The van der Waals surface area contributed by atoms with Gasteiger partial charge in [-0.1, -0.05) is 115 Å². The minimum Gasteiger partial charge on any atom is -0.464 e. The maximum Gasteiger partial charge on any atom is 0.139 e. The van der Waals surface area contributed by atoms with Gasteiger partial charge in [0.25, 0.3) is 0 Å². The van der Waals surface area contributed by atoms with Gasteiger partial charge in [-0.2, -0.15) is 0 Å². The third-order valence-corrected chi connectivity index (χ3v) is 10.3. The lowest BCUT2D eigenvalue weighted by atomic mass is 9.83. The van der Waals surface area contributed by atoms with E-state index in [2.05, 4.69) is 144 Å². The van der Waals surface area contributed by atoms with Crippen LogP contribution < -0.4 is 0 Å². The third kappa shape index (κ3) is 3.62. The van der Waals surface area contributed by atoms with Crippen molar-refractivity contribution >= 4 is 76.3 Å². The van der Waals surface area contributed by atoms with E-state index in [0.717, 1.165) is 44.2 Å². The van der Waals surface area contributed by atoms with Gasteiger partial charge >= 0.3 is 0 Å². The Bertz CT molecular complexity index is 3050. The van der Waals surface area contributed by atoms with E-state index in [0.29, 0.717) is 0 Å². The molecule has 0 aliphatic carbocycles. The number of para-hydroxylation sites is 3. The van der Waals surface area contributed by atoms with Crippen LogP contribution in [0.25, 0.3) is 104 Å². The van der Waals surface area contributed by atoms with E-state index in [9.17, 15) is 0 Å². The quantitative estimate of drug-likeness (QED) is 0.183. The highest BCUT2D eigenvalue weighted by atomic mass is 16.3. The Hall–Kier alpha value is -6.58. The van der Waals surface area contributed by atoms with Gasteiger partial charge in [-0.3, -0.25) is 0 Å². The third-order valence-electron chi connectivity index (χ3n) is 10.3. The minimum absolute atomic E-state index is 0.817. The summed E-state index contributed by atoms with van der Waals surface area (Å²) < 4.78 is 14.9. The molecule has 0 fully saturated rings. The second-order valence-electron chi connectivity index (χ2n) is 12.8. The summed E-state index contributed by atoms with van der Waals surface area (Å²) in [6.07, 6.45) is 1.79. The topological polar surface area (TPSA) is 31.2 Å². The van der Waals surface area contributed by atoms with Gasteiger partial charge in [0.05, 0.1) is 17.3 Å². The standard InChI is InChI=1S/C46H27NO2/c1-2-13-28(14-3-1)47-37-22-10-8-19-33(37)43-36(21-12-23-38(43)47)42-29-15-4-6-17-31(29)44(32-18-7-5-16-30(32)42)46-35-25-26-48-40(35)27-41-45(46)34-20-9-11-24-39(34)49-41/h1-27H. The Labute approximate surface area is 280 Å². The first-order chi connectivity index (χ1) is 24.3. The smallest absolute Gasteiger partial charge is 0.139 e. The monoisotopic (exact) mass is 625 g/mol. The Morgan fingerprint density at radius 3 is 1.73 bits per heavy atom. The lowest BCUT2D eigenvalue weighted by Gasteiger charge is -2.19. The van der Waals surface area contributed by atoms with E-state index >= 15 is 0 Å². The molecule has 0 unspecified atom stereocenters. The molecule has 0 bridgehead atoms.